The molecular formula is C22H24N2O4. The molecule has 1 aliphatic carbocycles. The van der Waals surface area contributed by atoms with Gasteiger partial charge in [-0.05, 0) is 46.8 Å². The molecule has 6 heteroatoms. The molecule has 4 rings (SSSR count). The number of benzene rings is 1. The van der Waals surface area contributed by atoms with Crippen molar-refractivity contribution in [3.63, 3.8) is 0 Å². The van der Waals surface area contributed by atoms with E-state index in [9.17, 15) is 14.7 Å². The molecule has 2 aliphatic rings. The van der Waals surface area contributed by atoms with Gasteiger partial charge in [0, 0.05) is 5.39 Å². The van der Waals surface area contributed by atoms with Gasteiger partial charge in [0.15, 0.2) is 0 Å². The highest BCUT2D eigenvalue weighted by Gasteiger charge is 2.43. The smallest absolute Gasteiger partial charge is 0.316 e. The molecule has 146 valence electrons. The molecule has 0 bridgehead atoms. The Hall–Kier alpha value is -2.89. The van der Waals surface area contributed by atoms with Crippen molar-refractivity contribution in [1.82, 2.24) is 10.3 Å². The number of carbonyl (C=O) groups is 2. The van der Waals surface area contributed by atoms with E-state index >= 15 is 0 Å². The van der Waals surface area contributed by atoms with E-state index in [-0.39, 0.29) is 17.8 Å². The number of methoxy groups -OCH3 is 1. The second-order valence-corrected chi connectivity index (χ2v) is 8.60. The van der Waals surface area contributed by atoms with E-state index in [1.54, 1.807) is 7.11 Å². The third-order valence-electron chi connectivity index (χ3n) is 5.89. The summed E-state index contributed by atoms with van der Waals surface area (Å²) in [6.45, 7) is 6.45. The van der Waals surface area contributed by atoms with Crippen LogP contribution in [0.2, 0.25) is 0 Å². The molecule has 2 heterocycles. The van der Waals surface area contributed by atoms with Gasteiger partial charge in [0.05, 0.1) is 18.5 Å². The zero-order valence-electron chi connectivity index (χ0n) is 16.5. The molecule has 2 atom stereocenters. The summed E-state index contributed by atoms with van der Waals surface area (Å²) < 4.78 is 5.51. The number of amides is 1. The Labute approximate surface area is 163 Å². The van der Waals surface area contributed by atoms with E-state index < -0.39 is 17.8 Å². The third-order valence-corrected chi connectivity index (χ3v) is 5.89. The van der Waals surface area contributed by atoms with Crippen molar-refractivity contribution in [3.05, 3.63) is 41.1 Å². The Kier molecular flexibility index (Phi) is 4.17. The number of nitrogens with zero attached hydrogens (tertiary/aromatic N) is 1. The number of nitrogens with one attached hydrogen (secondary N) is 1. The predicted octanol–water partition coefficient (Wildman–Crippen LogP) is 3.39. The Morgan fingerprint density at radius 3 is 2.50 bits per heavy atom. The number of allylic oxidation sites excluding steroid dienone is 1. The second-order valence-electron chi connectivity index (χ2n) is 8.60. The number of hydrogen-bond acceptors (Lipinski definition) is 4. The van der Waals surface area contributed by atoms with Crippen LogP contribution in [0.5, 0.6) is 5.88 Å². The van der Waals surface area contributed by atoms with E-state index in [0.717, 1.165) is 28.3 Å². The van der Waals surface area contributed by atoms with Crippen molar-refractivity contribution in [3.8, 4) is 5.88 Å². The highest BCUT2D eigenvalue weighted by atomic mass is 16.5. The lowest BCUT2D eigenvalue weighted by molar-refractivity contribution is -0.146. The Morgan fingerprint density at radius 2 is 1.89 bits per heavy atom. The number of rotatable bonds is 2. The van der Waals surface area contributed by atoms with E-state index in [4.69, 9.17) is 9.72 Å². The molecule has 0 spiro atoms. The SMILES string of the molecule is COc1nc2c(c3ccccc13)CC(C(C)(C)C)C1=C2NC(=O)C(C(=O)O)C1. The number of carboxylic acid groups (broad SMARTS) is 1. The highest BCUT2D eigenvalue weighted by Crippen LogP contribution is 2.48. The molecule has 0 fully saturated rings. The first kappa shape index (κ1) is 18.5. The minimum absolute atomic E-state index is 0.0928. The number of carbonyl (C=O) groups excluding carboxylic acids is 1. The summed E-state index contributed by atoms with van der Waals surface area (Å²) in [6.07, 6.45) is 0.964. The number of pyridine rings is 1. The van der Waals surface area contributed by atoms with Gasteiger partial charge < -0.3 is 15.2 Å². The number of fused-ring (bicyclic) bond motifs is 4. The predicted molar refractivity (Wildman–Crippen MR) is 106 cm³/mol. The van der Waals surface area contributed by atoms with E-state index in [0.29, 0.717) is 17.3 Å². The number of aliphatic carboxylic acids is 1. The van der Waals surface area contributed by atoms with Crippen LogP contribution >= 0.6 is 0 Å². The first-order chi connectivity index (χ1) is 13.2. The maximum Gasteiger partial charge on any atom is 0.316 e. The topological polar surface area (TPSA) is 88.5 Å². The fourth-order valence-corrected chi connectivity index (χ4v) is 4.45. The van der Waals surface area contributed by atoms with E-state index in [2.05, 4.69) is 26.1 Å². The molecule has 6 nitrogen and oxygen atoms in total. The molecule has 1 amide bonds. The molecule has 1 aromatic carbocycles. The van der Waals surface area contributed by atoms with Gasteiger partial charge in [-0.15, -0.1) is 0 Å². The van der Waals surface area contributed by atoms with Gasteiger partial charge in [-0.2, -0.15) is 0 Å². The van der Waals surface area contributed by atoms with Crippen LogP contribution in [0, 0.1) is 17.3 Å². The lowest BCUT2D eigenvalue weighted by Crippen LogP contribution is -2.44. The quantitative estimate of drug-likeness (QED) is 0.780. The van der Waals surface area contributed by atoms with Crippen molar-refractivity contribution < 1.29 is 19.4 Å². The number of ether oxygens (including phenoxy) is 1. The Morgan fingerprint density at radius 1 is 1.21 bits per heavy atom. The summed E-state index contributed by atoms with van der Waals surface area (Å²) in [5.74, 6) is -2.03. The van der Waals surface area contributed by atoms with Crippen LogP contribution < -0.4 is 10.1 Å². The summed E-state index contributed by atoms with van der Waals surface area (Å²) in [5.41, 5.74) is 3.31. The summed E-state index contributed by atoms with van der Waals surface area (Å²) in [6, 6.07) is 7.97. The summed E-state index contributed by atoms with van der Waals surface area (Å²) in [4.78, 5) is 28.8. The minimum atomic E-state index is -1.09. The zero-order chi connectivity index (χ0) is 20.2. The Bertz CT molecular complexity index is 1030. The summed E-state index contributed by atoms with van der Waals surface area (Å²) >= 11 is 0. The lowest BCUT2D eigenvalue weighted by atomic mass is 9.66. The second kappa shape index (κ2) is 6.33. The maximum atomic E-state index is 12.5. The Balaban J connectivity index is 2.01. The van der Waals surface area contributed by atoms with E-state index in [1.165, 1.54) is 0 Å². The number of carboxylic acids is 1. The average Bonchev–Trinajstić information content (AvgIpc) is 2.65. The van der Waals surface area contributed by atoms with Gasteiger partial charge in [0.1, 0.15) is 5.92 Å². The van der Waals surface area contributed by atoms with Gasteiger partial charge in [-0.3, -0.25) is 9.59 Å². The maximum absolute atomic E-state index is 12.5. The highest BCUT2D eigenvalue weighted by molar-refractivity contribution is 6.04. The van der Waals surface area contributed by atoms with Gasteiger partial charge in [0.2, 0.25) is 11.8 Å². The first-order valence-electron chi connectivity index (χ1n) is 9.45. The molecule has 2 unspecified atom stereocenters. The van der Waals surface area contributed by atoms with Crippen LogP contribution in [-0.2, 0) is 16.0 Å². The van der Waals surface area contributed by atoms with E-state index in [1.807, 2.05) is 24.3 Å². The molecule has 1 aromatic heterocycles. The van der Waals surface area contributed by atoms with Crippen LogP contribution in [0.3, 0.4) is 0 Å². The monoisotopic (exact) mass is 380 g/mol. The first-order valence-corrected chi connectivity index (χ1v) is 9.45. The van der Waals surface area contributed by atoms with Gasteiger partial charge in [-0.1, -0.05) is 39.0 Å². The van der Waals surface area contributed by atoms with Crippen molar-refractivity contribution >= 4 is 28.3 Å². The van der Waals surface area contributed by atoms with Crippen molar-refractivity contribution in [2.75, 3.05) is 7.11 Å². The van der Waals surface area contributed by atoms with Crippen LogP contribution in [0.1, 0.15) is 38.4 Å². The lowest BCUT2D eigenvalue weighted by Gasteiger charge is -2.41. The molecular weight excluding hydrogens is 356 g/mol. The summed E-state index contributed by atoms with van der Waals surface area (Å²) in [5, 5.41) is 14.3. The molecule has 0 radical (unpaired) electrons. The van der Waals surface area contributed by atoms with Crippen molar-refractivity contribution in [1.29, 1.82) is 0 Å². The molecule has 2 N–H and O–H groups in total. The molecule has 1 aliphatic heterocycles. The molecule has 2 aromatic rings. The largest absolute Gasteiger partial charge is 0.481 e. The van der Waals surface area contributed by atoms with Crippen molar-refractivity contribution in [2.24, 2.45) is 17.3 Å². The zero-order valence-corrected chi connectivity index (χ0v) is 16.5. The molecule has 28 heavy (non-hydrogen) atoms. The van der Waals surface area contributed by atoms with Crippen LogP contribution in [0.15, 0.2) is 29.8 Å². The average molecular weight is 380 g/mol. The molecule has 0 saturated carbocycles. The fourth-order valence-electron chi connectivity index (χ4n) is 4.45. The number of aromatic nitrogens is 1. The van der Waals surface area contributed by atoms with Crippen LogP contribution in [-0.4, -0.2) is 29.1 Å². The standard InChI is InChI=1S/C22H24N2O4/c1-22(2,3)16-10-13-11-7-5-6-8-12(11)20(28-4)24-17(13)18-14(16)9-15(21(26)27)19(25)23-18/h5-8,15-16H,9-10H2,1-4H3,(H,23,25)(H,26,27). The normalized spacial score (nSPS) is 21.8. The van der Waals surface area contributed by atoms with Crippen molar-refractivity contribution in [2.45, 2.75) is 33.6 Å². The summed E-state index contributed by atoms with van der Waals surface area (Å²) in [7, 11) is 1.58. The van der Waals surface area contributed by atoms with Gasteiger partial charge >= 0.3 is 5.97 Å². The molecule has 0 saturated heterocycles. The third kappa shape index (κ3) is 2.75. The van der Waals surface area contributed by atoms with Gasteiger partial charge in [-0.25, -0.2) is 4.98 Å². The fraction of sp³-hybridized carbons (Fsp3) is 0.409. The minimum Gasteiger partial charge on any atom is -0.481 e. The van der Waals surface area contributed by atoms with Gasteiger partial charge in [0.25, 0.3) is 0 Å². The number of hydrogen-bond donors (Lipinski definition) is 2. The van der Waals surface area contributed by atoms with Crippen LogP contribution in [0.25, 0.3) is 16.5 Å². The van der Waals surface area contributed by atoms with Crippen LogP contribution in [0.4, 0.5) is 0 Å².